The molecule has 20 heavy (non-hydrogen) atoms. The highest BCUT2D eigenvalue weighted by molar-refractivity contribution is 6.31. The van der Waals surface area contributed by atoms with Crippen molar-refractivity contribution in [3.63, 3.8) is 0 Å². The normalized spacial score (nSPS) is 24.9. The molecule has 1 N–H and O–H groups in total. The predicted molar refractivity (Wildman–Crippen MR) is 88.2 cm³/mol. The highest BCUT2D eigenvalue weighted by atomic mass is 35.5. The second-order valence-electron chi connectivity index (χ2n) is 6.48. The van der Waals surface area contributed by atoms with E-state index in [0.717, 1.165) is 29.3 Å². The van der Waals surface area contributed by atoms with E-state index in [2.05, 4.69) is 38.2 Å². The Hall–Kier alpha value is -0.530. The molecule has 1 aliphatic carbocycles. The summed E-state index contributed by atoms with van der Waals surface area (Å²) in [5.41, 5.74) is 1.28. The summed E-state index contributed by atoms with van der Waals surface area (Å²) in [4.78, 5) is 0. The summed E-state index contributed by atoms with van der Waals surface area (Å²) in [7, 11) is 0. The maximum absolute atomic E-state index is 6.41. The van der Waals surface area contributed by atoms with E-state index < -0.39 is 0 Å². The van der Waals surface area contributed by atoms with Crippen LogP contribution in [0.15, 0.2) is 24.3 Å². The molecule has 112 valence electrons. The average Bonchev–Trinajstić information content (AvgIpc) is 2.46. The fourth-order valence-electron chi connectivity index (χ4n) is 3.62. The maximum Gasteiger partial charge on any atom is 0.0453 e. The number of benzene rings is 1. The van der Waals surface area contributed by atoms with Crippen molar-refractivity contribution in [2.75, 3.05) is 6.54 Å². The molecule has 1 atom stereocenters. The summed E-state index contributed by atoms with van der Waals surface area (Å²) in [6.45, 7) is 7.91. The maximum atomic E-state index is 6.41. The topological polar surface area (TPSA) is 12.0 Å². The van der Waals surface area contributed by atoms with Gasteiger partial charge in [0.15, 0.2) is 0 Å². The first-order chi connectivity index (χ1) is 9.63. The zero-order valence-corrected chi connectivity index (χ0v) is 13.8. The largest absolute Gasteiger partial charge is 0.310 e. The lowest BCUT2D eigenvalue weighted by Crippen LogP contribution is -2.32. The quantitative estimate of drug-likeness (QED) is 0.761. The van der Waals surface area contributed by atoms with Crippen molar-refractivity contribution in [2.24, 2.45) is 17.8 Å². The van der Waals surface area contributed by atoms with Crippen molar-refractivity contribution in [2.45, 2.75) is 52.5 Å². The van der Waals surface area contributed by atoms with Crippen molar-refractivity contribution in [3.05, 3.63) is 34.9 Å². The van der Waals surface area contributed by atoms with E-state index in [4.69, 9.17) is 11.6 Å². The van der Waals surface area contributed by atoms with Crippen LogP contribution in [0.4, 0.5) is 0 Å². The minimum atomic E-state index is 0.418. The van der Waals surface area contributed by atoms with Crippen molar-refractivity contribution in [1.82, 2.24) is 5.32 Å². The van der Waals surface area contributed by atoms with Crippen molar-refractivity contribution in [3.8, 4) is 0 Å². The van der Waals surface area contributed by atoms with Crippen molar-refractivity contribution >= 4 is 11.6 Å². The zero-order chi connectivity index (χ0) is 14.5. The molecule has 0 aliphatic heterocycles. The number of hydrogen-bond acceptors (Lipinski definition) is 1. The Labute approximate surface area is 129 Å². The summed E-state index contributed by atoms with van der Waals surface area (Å²) in [6.07, 6.45) is 5.39. The van der Waals surface area contributed by atoms with Gasteiger partial charge in [-0.05, 0) is 61.6 Å². The van der Waals surface area contributed by atoms with Gasteiger partial charge in [-0.15, -0.1) is 0 Å². The van der Waals surface area contributed by atoms with Crippen LogP contribution in [-0.4, -0.2) is 6.54 Å². The molecule has 2 heteroatoms. The van der Waals surface area contributed by atoms with Crippen LogP contribution in [0.5, 0.6) is 0 Å². The molecule has 0 amide bonds. The summed E-state index contributed by atoms with van der Waals surface area (Å²) in [5.74, 6) is 2.47. The van der Waals surface area contributed by atoms with Crippen LogP contribution in [-0.2, 0) is 0 Å². The lowest BCUT2D eigenvalue weighted by Gasteiger charge is -2.36. The van der Waals surface area contributed by atoms with Gasteiger partial charge in [0.2, 0.25) is 0 Å². The fraction of sp³-hybridized carbons (Fsp3) is 0.667. The number of rotatable bonds is 5. The highest BCUT2D eigenvalue weighted by Crippen LogP contribution is 2.40. The van der Waals surface area contributed by atoms with E-state index in [1.807, 2.05) is 12.1 Å². The number of hydrogen-bond donors (Lipinski definition) is 1. The van der Waals surface area contributed by atoms with Crippen molar-refractivity contribution in [1.29, 1.82) is 0 Å². The summed E-state index contributed by atoms with van der Waals surface area (Å²) >= 11 is 6.41. The molecule has 0 radical (unpaired) electrons. The van der Waals surface area contributed by atoms with E-state index in [0.29, 0.717) is 6.04 Å². The summed E-state index contributed by atoms with van der Waals surface area (Å²) < 4.78 is 0. The van der Waals surface area contributed by atoms with E-state index in [-0.39, 0.29) is 0 Å². The SMILES string of the molecule is CCNC(c1ccccc1Cl)C1CCC(C(C)C)CC1. The molecule has 1 unspecified atom stereocenters. The Morgan fingerprint density at radius 1 is 1.10 bits per heavy atom. The van der Waals surface area contributed by atoms with Gasteiger partial charge in [-0.2, -0.15) is 0 Å². The third-order valence-corrected chi connectivity index (χ3v) is 5.24. The number of halogens is 1. The summed E-state index contributed by atoms with van der Waals surface area (Å²) in [5, 5.41) is 4.58. The Kier molecular flexibility index (Phi) is 5.92. The molecule has 0 bridgehead atoms. The van der Waals surface area contributed by atoms with Gasteiger partial charge < -0.3 is 5.32 Å². The number of nitrogens with one attached hydrogen (secondary N) is 1. The Morgan fingerprint density at radius 2 is 1.70 bits per heavy atom. The molecule has 1 saturated carbocycles. The molecule has 0 heterocycles. The molecule has 0 saturated heterocycles. The minimum absolute atomic E-state index is 0.418. The molecule has 1 aliphatic rings. The first-order valence-electron chi connectivity index (χ1n) is 8.11. The first-order valence-corrected chi connectivity index (χ1v) is 8.49. The van der Waals surface area contributed by atoms with E-state index in [9.17, 15) is 0 Å². The van der Waals surface area contributed by atoms with Gasteiger partial charge >= 0.3 is 0 Å². The van der Waals surface area contributed by atoms with E-state index >= 15 is 0 Å². The van der Waals surface area contributed by atoms with Crippen molar-refractivity contribution < 1.29 is 0 Å². The Morgan fingerprint density at radius 3 is 2.25 bits per heavy atom. The van der Waals surface area contributed by atoms with Gasteiger partial charge in [-0.1, -0.05) is 50.6 Å². The van der Waals surface area contributed by atoms with E-state index in [1.165, 1.54) is 31.2 Å². The molecule has 1 fully saturated rings. The predicted octanol–water partition coefficient (Wildman–Crippen LogP) is 5.45. The van der Waals surface area contributed by atoms with Gasteiger partial charge in [0, 0.05) is 11.1 Å². The molecule has 0 aromatic heterocycles. The van der Waals surface area contributed by atoms with Gasteiger partial charge in [0.25, 0.3) is 0 Å². The second-order valence-corrected chi connectivity index (χ2v) is 6.88. The second kappa shape index (κ2) is 7.47. The van der Waals surface area contributed by atoms with Crippen LogP contribution in [0.3, 0.4) is 0 Å². The molecule has 1 aromatic carbocycles. The van der Waals surface area contributed by atoms with Crippen LogP contribution in [0, 0.1) is 17.8 Å². The smallest absolute Gasteiger partial charge is 0.0453 e. The summed E-state index contributed by atoms with van der Waals surface area (Å²) in [6, 6.07) is 8.74. The molecule has 1 nitrogen and oxygen atoms in total. The van der Waals surface area contributed by atoms with Gasteiger partial charge in [0.05, 0.1) is 0 Å². The minimum Gasteiger partial charge on any atom is -0.310 e. The first kappa shape index (κ1) is 15.9. The van der Waals surface area contributed by atoms with Crippen LogP contribution in [0.1, 0.15) is 58.1 Å². The standard InChI is InChI=1S/C18H28ClN/c1-4-20-18(16-7-5-6-8-17(16)19)15-11-9-14(10-12-15)13(2)3/h5-8,13-15,18,20H,4,9-12H2,1-3H3. The Balaban J connectivity index is 2.09. The van der Waals surface area contributed by atoms with E-state index in [1.54, 1.807) is 0 Å². The fourth-order valence-corrected chi connectivity index (χ4v) is 3.88. The van der Waals surface area contributed by atoms with Gasteiger partial charge in [-0.25, -0.2) is 0 Å². The molecule has 0 spiro atoms. The lowest BCUT2D eigenvalue weighted by atomic mass is 9.73. The van der Waals surface area contributed by atoms with Gasteiger partial charge in [0.1, 0.15) is 0 Å². The van der Waals surface area contributed by atoms with Crippen LogP contribution < -0.4 is 5.32 Å². The van der Waals surface area contributed by atoms with Gasteiger partial charge in [-0.3, -0.25) is 0 Å². The average molecular weight is 294 g/mol. The molecule has 1 aromatic rings. The lowest BCUT2D eigenvalue weighted by molar-refractivity contribution is 0.190. The zero-order valence-electron chi connectivity index (χ0n) is 13.0. The monoisotopic (exact) mass is 293 g/mol. The van der Waals surface area contributed by atoms with Crippen LogP contribution in [0.2, 0.25) is 5.02 Å². The Bertz CT molecular complexity index is 408. The van der Waals surface area contributed by atoms with Crippen LogP contribution >= 0.6 is 11.6 Å². The van der Waals surface area contributed by atoms with Crippen LogP contribution in [0.25, 0.3) is 0 Å². The molecular weight excluding hydrogens is 266 g/mol. The molecule has 2 rings (SSSR count). The molecular formula is C18H28ClN. The third-order valence-electron chi connectivity index (χ3n) is 4.90. The highest BCUT2D eigenvalue weighted by Gasteiger charge is 2.30. The third kappa shape index (κ3) is 3.77.